The zero-order valence-electron chi connectivity index (χ0n) is 13.4. The molecule has 0 saturated carbocycles. The lowest BCUT2D eigenvalue weighted by molar-refractivity contribution is 0.272. The highest BCUT2D eigenvalue weighted by atomic mass is 19.1. The van der Waals surface area contributed by atoms with E-state index in [0.717, 1.165) is 5.56 Å². The Hall–Kier alpha value is -3.39. The highest BCUT2D eigenvalue weighted by Gasteiger charge is 2.14. The lowest BCUT2D eigenvalue weighted by atomic mass is 10.1. The topological polar surface area (TPSA) is 90.5 Å². The number of aromatic amines is 2. The van der Waals surface area contributed by atoms with Gasteiger partial charge in [0.05, 0.1) is 16.8 Å². The number of rotatable bonds is 4. The van der Waals surface area contributed by atoms with Crippen molar-refractivity contribution in [3.63, 3.8) is 0 Å². The highest BCUT2D eigenvalue weighted by molar-refractivity contribution is 5.92. The lowest BCUT2D eigenvalue weighted by Crippen LogP contribution is -1.88. The third-order valence-electron chi connectivity index (χ3n) is 3.92. The van der Waals surface area contributed by atoms with Crippen molar-refractivity contribution in [2.75, 3.05) is 0 Å². The van der Waals surface area contributed by atoms with Gasteiger partial charge in [0.25, 0.3) is 0 Å². The number of benzene rings is 2. The summed E-state index contributed by atoms with van der Waals surface area (Å²) in [5.41, 5.74) is 2.18. The number of H-pyrrole nitrogens is 2. The first-order chi connectivity index (χ1) is 12.6. The van der Waals surface area contributed by atoms with E-state index in [0.29, 0.717) is 16.6 Å². The Morgan fingerprint density at radius 3 is 2.58 bits per heavy atom. The maximum atomic E-state index is 14.4. The minimum Gasteiger partial charge on any atom is -0.388 e. The zero-order valence-corrected chi connectivity index (χ0v) is 13.4. The van der Waals surface area contributed by atoms with E-state index in [1.165, 1.54) is 18.2 Å². The van der Waals surface area contributed by atoms with Crippen molar-refractivity contribution in [3.05, 3.63) is 65.1 Å². The number of aliphatic hydroxyl groups is 1. The van der Waals surface area contributed by atoms with Crippen molar-refractivity contribution >= 4 is 23.1 Å². The summed E-state index contributed by atoms with van der Waals surface area (Å²) in [7, 11) is 0. The molecule has 2 aromatic carbocycles. The van der Waals surface area contributed by atoms with Gasteiger partial charge in [-0.1, -0.05) is 18.2 Å². The third kappa shape index (κ3) is 2.98. The average Bonchev–Trinajstić information content (AvgIpc) is 3.27. The first-order valence-corrected chi connectivity index (χ1v) is 7.78. The maximum Gasteiger partial charge on any atom is 0.164 e. The Labute approximate surface area is 146 Å². The van der Waals surface area contributed by atoms with Gasteiger partial charge >= 0.3 is 0 Å². The second-order valence-corrected chi connectivity index (χ2v) is 5.65. The van der Waals surface area contributed by atoms with Crippen molar-refractivity contribution in [2.45, 2.75) is 6.61 Å². The Kier molecular flexibility index (Phi) is 4.02. The van der Waals surface area contributed by atoms with Gasteiger partial charge in [-0.2, -0.15) is 5.10 Å². The third-order valence-corrected chi connectivity index (χ3v) is 3.92. The number of hydrogen-bond donors (Lipinski definition) is 3. The predicted octanol–water partition coefficient (Wildman–Crippen LogP) is 3.29. The summed E-state index contributed by atoms with van der Waals surface area (Å²) in [5.74, 6) is -0.316. The van der Waals surface area contributed by atoms with Gasteiger partial charge in [0.15, 0.2) is 11.6 Å². The molecule has 4 rings (SSSR count). The molecule has 0 saturated heterocycles. The maximum absolute atomic E-state index is 14.4. The van der Waals surface area contributed by atoms with E-state index in [4.69, 9.17) is 5.11 Å². The molecule has 3 N–H and O–H groups in total. The van der Waals surface area contributed by atoms with E-state index < -0.39 is 5.82 Å². The van der Waals surface area contributed by atoms with Crippen LogP contribution in [0, 0.1) is 11.6 Å². The molecule has 0 atom stereocenters. The predicted molar refractivity (Wildman–Crippen MR) is 92.7 cm³/mol. The largest absolute Gasteiger partial charge is 0.388 e. The van der Waals surface area contributed by atoms with Crippen LogP contribution in [0.5, 0.6) is 0 Å². The van der Waals surface area contributed by atoms with Crippen molar-refractivity contribution < 1.29 is 13.9 Å². The molecule has 6 nitrogen and oxygen atoms in total. The molecule has 0 aliphatic heterocycles. The average molecular weight is 353 g/mol. The molecular weight excluding hydrogens is 340 g/mol. The van der Waals surface area contributed by atoms with E-state index >= 15 is 0 Å². The number of aromatic nitrogens is 5. The molecule has 130 valence electrons. The summed E-state index contributed by atoms with van der Waals surface area (Å²) in [6.07, 6.45) is 3.55. The molecule has 4 aromatic rings. The fraction of sp³-hybridized carbons (Fsp3) is 0.0556. The van der Waals surface area contributed by atoms with Crippen LogP contribution in [0.25, 0.3) is 34.4 Å². The Morgan fingerprint density at radius 1 is 1.04 bits per heavy atom. The summed E-state index contributed by atoms with van der Waals surface area (Å²) in [4.78, 5) is 2.76. The van der Waals surface area contributed by atoms with Gasteiger partial charge in [0, 0.05) is 11.5 Å². The molecule has 2 aromatic heterocycles. The fourth-order valence-electron chi connectivity index (χ4n) is 2.61. The number of halogens is 2. The van der Waals surface area contributed by atoms with E-state index in [2.05, 4.69) is 25.4 Å². The number of nitrogens with one attached hydrogen (secondary N) is 2. The second kappa shape index (κ2) is 6.49. The molecule has 0 fully saturated rings. The van der Waals surface area contributed by atoms with Crippen molar-refractivity contribution in [3.8, 4) is 11.4 Å². The molecule has 0 aliphatic carbocycles. The summed E-state index contributed by atoms with van der Waals surface area (Å²) < 4.78 is 27.3. The van der Waals surface area contributed by atoms with Crippen molar-refractivity contribution in [1.29, 1.82) is 0 Å². The van der Waals surface area contributed by atoms with E-state index in [-0.39, 0.29) is 29.6 Å². The Balaban J connectivity index is 1.74. The molecular formula is C18H13F2N5O. The van der Waals surface area contributed by atoms with Gasteiger partial charge in [-0.15, -0.1) is 10.2 Å². The minimum atomic E-state index is -0.490. The van der Waals surface area contributed by atoms with Crippen LogP contribution in [0.4, 0.5) is 8.78 Å². The SMILES string of the molecule is OCc1nnc(-c2cc3c(/C=C/c4ccc(F)cc4)n[nH]c3cc2F)[nH]1. The number of hydrogen-bond acceptors (Lipinski definition) is 4. The summed E-state index contributed by atoms with van der Waals surface area (Å²) in [5, 5.41) is 24.3. The van der Waals surface area contributed by atoms with Crippen LogP contribution in [-0.2, 0) is 6.61 Å². The van der Waals surface area contributed by atoms with Crippen LogP contribution in [0.1, 0.15) is 17.1 Å². The molecule has 0 spiro atoms. The summed E-state index contributed by atoms with van der Waals surface area (Å²) in [6.45, 7) is -0.311. The zero-order chi connectivity index (χ0) is 18.1. The first-order valence-electron chi connectivity index (χ1n) is 7.78. The van der Waals surface area contributed by atoms with Crippen LogP contribution >= 0.6 is 0 Å². The quantitative estimate of drug-likeness (QED) is 0.525. The molecule has 0 bridgehead atoms. The van der Waals surface area contributed by atoms with Gasteiger partial charge < -0.3 is 10.1 Å². The minimum absolute atomic E-state index is 0.225. The molecule has 0 aliphatic rings. The van der Waals surface area contributed by atoms with Gasteiger partial charge in [0.2, 0.25) is 0 Å². The van der Waals surface area contributed by atoms with Crippen LogP contribution in [0.2, 0.25) is 0 Å². The molecule has 2 heterocycles. The number of nitrogens with zero attached hydrogens (tertiary/aromatic N) is 3. The van der Waals surface area contributed by atoms with Gasteiger partial charge in [0.1, 0.15) is 18.2 Å². The van der Waals surface area contributed by atoms with Crippen LogP contribution in [0.15, 0.2) is 36.4 Å². The number of aliphatic hydroxyl groups excluding tert-OH is 1. The van der Waals surface area contributed by atoms with E-state index in [1.54, 1.807) is 30.4 Å². The standard InChI is InChI=1S/C18H13F2N5O/c19-11-4-1-10(2-5-11)3-6-15-13-7-12(14(20)8-16(13)23-22-15)18-21-17(9-26)24-25-18/h1-8,26H,9H2,(H,22,23)(H,21,24,25)/b6-3+. The molecule has 26 heavy (non-hydrogen) atoms. The fourth-order valence-corrected chi connectivity index (χ4v) is 2.61. The second-order valence-electron chi connectivity index (χ2n) is 5.65. The van der Waals surface area contributed by atoms with E-state index in [9.17, 15) is 8.78 Å². The van der Waals surface area contributed by atoms with Crippen LogP contribution in [0.3, 0.4) is 0 Å². The molecule has 0 unspecified atom stereocenters. The van der Waals surface area contributed by atoms with Crippen LogP contribution in [-0.4, -0.2) is 30.5 Å². The van der Waals surface area contributed by atoms with Gasteiger partial charge in [-0.3, -0.25) is 5.10 Å². The normalized spacial score (nSPS) is 11.7. The molecule has 8 heteroatoms. The highest BCUT2D eigenvalue weighted by Crippen LogP contribution is 2.27. The number of fused-ring (bicyclic) bond motifs is 1. The smallest absolute Gasteiger partial charge is 0.164 e. The Morgan fingerprint density at radius 2 is 1.85 bits per heavy atom. The van der Waals surface area contributed by atoms with Crippen LogP contribution < -0.4 is 0 Å². The monoisotopic (exact) mass is 353 g/mol. The van der Waals surface area contributed by atoms with Gasteiger partial charge in [-0.25, -0.2) is 8.78 Å². The molecule has 0 amide bonds. The van der Waals surface area contributed by atoms with Gasteiger partial charge in [-0.05, 0) is 29.8 Å². The lowest BCUT2D eigenvalue weighted by Gasteiger charge is -2.00. The van der Waals surface area contributed by atoms with Crippen molar-refractivity contribution in [2.24, 2.45) is 0 Å². The van der Waals surface area contributed by atoms with E-state index in [1.807, 2.05) is 0 Å². The van der Waals surface area contributed by atoms with Crippen molar-refractivity contribution in [1.82, 2.24) is 25.4 Å². The first kappa shape index (κ1) is 16.1. The summed E-state index contributed by atoms with van der Waals surface area (Å²) >= 11 is 0. The Bertz CT molecular complexity index is 1100. The molecule has 0 radical (unpaired) electrons. The summed E-state index contributed by atoms with van der Waals surface area (Å²) in [6, 6.07) is 8.98.